The second kappa shape index (κ2) is 7.48. The number of carboxylic acids is 1. The Hall–Kier alpha value is 0.216. The number of hydrogen-bond acceptors (Lipinski definition) is 2. The van der Waals surface area contributed by atoms with Gasteiger partial charge in [-0.1, -0.05) is 34.1 Å². The van der Waals surface area contributed by atoms with Crippen molar-refractivity contribution in [1.29, 1.82) is 0 Å². The summed E-state index contributed by atoms with van der Waals surface area (Å²) in [6.45, 7) is 0. The van der Waals surface area contributed by atoms with Crippen molar-refractivity contribution < 1.29 is 14.7 Å². The molecule has 0 radical (unpaired) electrons. The molecule has 1 rings (SSSR count). The SMILES string of the molecule is O=C(O)C(=O)/C=C/c1ccc(Br)cc1.[KH]. The van der Waals surface area contributed by atoms with Crippen molar-refractivity contribution in [2.45, 2.75) is 0 Å². The molecule has 1 N–H and O–H groups in total. The summed E-state index contributed by atoms with van der Waals surface area (Å²) in [4.78, 5) is 20.9. The van der Waals surface area contributed by atoms with Gasteiger partial charge < -0.3 is 5.11 Å². The van der Waals surface area contributed by atoms with E-state index >= 15 is 0 Å². The predicted molar refractivity (Wildman–Crippen MR) is 63.0 cm³/mol. The summed E-state index contributed by atoms with van der Waals surface area (Å²) >= 11 is 3.26. The van der Waals surface area contributed by atoms with Crippen LogP contribution in [0.5, 0.6) is 0 Å². The van der Waals surface area contributed by atoms with Crippen LogP contribution in [0.3, 0.4) is 0 Å². The Morgan fingerprint density at radius 3 is 2.20 bits per heavy atom. The van der Waals surface area contributed by atoms with Crippen molar-refractivity contribution in [1.82, 2.24) is 0 Å². The Labute approximate surface area is 138 Å². The molecule has 0 amide bonds. The van der Waals surface area contributed by atoms with Crippen LogP contribution in [0, 0.1) is 0 Å². The molecule has 0 saturated carbocycles. The summed E-state index contributed by atoms with van der Waals surface area (Å²) in [6.07, 6.45) is 2.49. The minimum absolute atomic E-state index is 0. The number of carbonyl (C=O) groups excluding carboxylic acids is 1. The predicted octanol–water partition coefficient (Wildman–Crippen LogP) is 1.47. The zero-order chi connectivity index (χ0) is 10.6. The Kier molecular flexibility index (Phi) is 7.59. The third-order valence-corrected chi connectivity index (χ3v) is 2.04. The average Bonchev–Trinajstić information content (AvgIpc) is 2.16. The van der Waals surface area contributed by atoms with Gasteiger partial charge >= 0.3 is 57.4 Å². The maximum atomic E-state index is 10.7. The fourth-order valence-corrected chi connectivity index (χ4v) is 1.08. The summed E-state index contributed by atoms with van der Waals surface area (Å²) in [5.74, 6) is -2.37. The van der Waals surface area contributed by atoms with E-state index in [1.54, 1.807) is 12.1 Å². The number of benzene rings is 1. The van der Waals surface area contributed by atoms with Gasteiger partial charge in [-0.15, -0.1) is 0 Å². The summed E-state index contributed by atoms with van der Waals surface area (Å²) in [6, 6.07) is 7.17. The van der Waals surface area contributed by atoms with Crippen LogP contribution < -0.4 is 0 Å². The van der Waals surface area contributed by atoms with E-state index in [0.717, 1.165) is 16.1 Å². The first-order chi connectivity index (χ1) is 6.59. The summed E-state index contributed by atoms with van der Waals surface area (Å²) in [5.41, 5.74) is 0.780. The van der Waals surface area contributed by atoms with Crippen molar-refractivity contribution >= 4 is 85.1 Å². The first kappa shape index (κ1) is 15.2. The van der Waals surface area contributed by atoms with Crippen LogP contribution in [0.25, 0.3) is 6.08 Å². The molecule has 0 aliphatic carbocycles. The van der Waals surface area contributed by atoms with Crippen molar-refractivity contribution in [3.63, 3.8) is 0 Å². The number of halogens is 1. The molecule has 1 aromatic carbocycles. The zero-order valence-corrected chi connectivity index (χ0v) is 8.69. The molecule has 0 aliphatic heterocycles. The minimum atomic E-state index is -1.45. The van der Waals surface area contributed by atoms with Crippen LogP contribution in [0.2, 0.25) is 0 Å². The van der Waals surface area contributed by atoms with Crippen molar-refractivity contribution in [3.8, 4) is 0 Å². The van der Waals surface area contributed by atoms with Crippen LogP contribution in [-0.4, -0.2) is 68.2 Å². The fourth-order valence-electron chi connectivity index (χ4n) is 0.817. The monoisotopic (exact) mass is 294 g/mol. The van der Waals surface area contributed by atoms with Crippen molar-refractivity contribution in [3.05, 3.63) is 40.4 Å². The number of carbonyl (C=O) groups is 2. The second-order valence-electron chi connectivity index (χ2n) is 2.55. The number of aliphatic carboxylic acids is 1. The molecular formula is C10H8BrKO3. The first-order valence-electron chi connectivity index (χ1n) is 3.80. The van der Waals surface area contributed by atoms with Crippen LogP contribution in [0.1, 0.15) is 5.56 Å². The number of hydrogen-bond donors (Lipinski definition) is 1. The van der Waals surface area contributed by atoms with Gasteiger partial charge in [0.25, 0.3) is 5.78 Å². The standard InChI is InChI=1S/C10H7BrO3.K.H/c11-8-4-1-7(2-5-8)3-6-9(12)10(13)14;;/h1-6H,(H,13,14);;/b6-3+;;. The van der Waals surface area contributed by atoms with Crippen LogP contribution >= 0.6 is 15.9 Å². The molecule has 0 heterocycles. The van der Waals surface area contributed by atoms with Crippen molar-refractivity contribution in [2.24, 2.45) is 0 Å². The maximum absolute atomic E-state index is 10.7. The normalized spacial score (nSPS) is 9.67. The molecule has 0 aliphatic rings. The molecule has 0 unspecified atom stereocenters. The van der Waals surface area contributed by atoms with Crippen molar-refractivity contribution in [2.75, 3.05) is 0 Å². The van der Waals surface area contributed by atoms with Crippen LogP contribution in [0.15, 0.2) is 34.8 Å². The zero-order valence-electron chi connectivity index (χ0n) is 7.11. The van der Waals surface area contributed by atoms with E-state index in [9.17, 15) is 9.59 Å². The summed E-state index contributed by atoms with van der Waals surface area (Å²) in [5, 5.41) is 8.30. The van der Waals surface area contributed by atoms with E-state index in [2.05, 4.69) is 15.9 Å². The van der Waals surface area contributed by atoms with Gasteiger partial charge in [0.2, 0.25) is 0 Å². The molecule has 3 nitrogen and oxygen atoms in total. The molecule has 1 aromatic rings. The Morgan fingerprint density at radius 2 is 1.73 bits per heavy atom. The summed E-state index contributed by atoms with van der Waals surface area (Å²) in [7, 11) is 0. The van der Waals surface area contributed by atoms with E-state index in [4.69, 9.17) is 5.11 Å². The molecule has 5 heteroatoms. The van der Waals surface area contributed by atoms with Gasteiger partial charge in [-0.05, 0) is 23.8 Å². The van der Waals surface area contributed by atoms with E-state index in [1.807, 2.05) is 12.1 Å². The number of rotatable bonds is 3. The van der Waals surface area contributed by atoms with Crippen LogP contribution in [0.4, 0.5) is 0 Å². The molecule has 0 atom stereocenters. The molecule has 0 fully saturated rings. The number of carboxylic acid groups (broad SMARTS) is 1. The molecule has 15 heavy (non-hydrogen) atoms. The van der Waals surface area contributed by atoms with Gasteiger partial charge in [-0.25, -0.2) is 4.79 Å². The third kappa shape index (κ3) is 5.75. The van der Waals surface area contributed by atoms with Gasteiger partial charge in [0.05, 0.1) is 0 Å². The van der Waals surface area contributed by atoms with Gasteiger partial charge in [0.15, 0.2) is 0 Å². The third-order valence-electron chi connectivity index (χ3n) is 1.51. The Bertz CT molecular complexity index is 384. The summed E-state index contributed by atoms with van der Waals surface area (Å²) < 4.78 is 0.930. The first-order valence-corrected chi connectivity index (χ1v) is 4.60. The van der Waals surface area contributed by atoms with E-state index in [0.29, 0.717) is 0 Å². The van der Waals surface area contributed by atoms with E-state index in [1.165, 1.54) is 6.08 Å². The van der Waals surface area contributed by atoms with Gasteiger partial charge in [-0.3, -0.25) is 4.79 Å². The Morgan fingerprint density at radius 1 is 1.20 bits per heavy atom. The molecular weight excluding hydrogens is 287 g/mol. The van der Waals surface area contributed by atoms with Gasteiger partial charge in [0, 0.05) is 4.47 Å². The van der Waals surface area contributed by atoms with Gasteiger partial charge in [0.1, 0.15) is 0 Å². The quantitative estimate of drug-likeness (QED) is 0.522. The van der Waals surface area contributed by atoms with E-state index < -0.39 is 11.8 Å². The molecule has 0 bridgehead atoms. The van der Waals surface area contributed by atoms with E-state index in [-0.39, 0.29) is 51.4 Å². The average molecular weight is 295 g/mol. The topological polar surface area (TPSA) is 54.4 Å². The second-order valence-corrected chi connectivity index (χ2v) is 3.47. The molecule has 74 valence electrons. The molecule has 0 spiro atoms. The Balaban J connectivity index is 0.00000196. The van der Waals surface area contributed by atoms with Crippen LogP contribution in [-0.2, 0) is 9.59 Å². The molecule has 0 saturated heterocycles. The molecule has 0 aromatic heterocycles. The fraction of sp³-hybridized carbons (Fsp3) is 0. The number of ketones is 1. The van der Waals surface area contributed by atoms with Gasteiger partial charge in [-0.2, -0.15) is 0 Å².